The van der Waals surface area contributed by atoms with Gasteiger partial charge in [-0.1, -0.05) is 45.0 Å². The summed E-state index contributed by atoms with van der Waals surface area (Å²) < 4.78 is 1.82. The molecule has 0 bridgehead atoms. The number of nitrogens with one attached hydrogen (secondary N) is 3. The molecule has 0 spiro atoms. The molecule has 1 heterocycles. The van der Waals surface area contributed by atoms with Gasteiger partial charge in [0.05, 0.1) is 11.7 Å². The van der Waals surface area contributed by atoms with Crippen molar-refractivity contribution in [1.29, 1.82) is 0 Å². The molecule has 31 heavy (non-hydrogen) atoms. The number of benzene rings is 1. The minimum Gasteiger partial charge on any atom is -0.370 e. The highest BCUT2D eigenvalue weighted by Gasteiger charge is 2.40. The van der Waals surface area contributed by atoms with E-state index in [1.165, 1.54) is 5.56 Å². The smallest absolute Gasteiger partial charge is 0.257 e. The Kier molecular flexibility index (Phi) is 7.87. The van der Waals surface area contributed by atoms with Crippen molar-refractivity contribution in [2.45, 2.75) is 71.9 Å². The monoisotopic (exact) mass is 427 g/mol. The summed E-state index contributed by atoms with van der Waals surface area (Å²) in [6.45, 7) is 12.9. The summed E-state index contributed by atoms with van der Waals surface area (Å²) in [5, 5.41) is 13.6. The SMILES string of the molecule is CCCNc1c(C(=O)NC(CC)(C(=O)NC)c2ccc(CC)cc2)cnn1C(C)(C)C. The van der Waals surface area contributed by atoms with Crippen LogP contribution in [0.5, 0.6) is 0 Å². The predicted molar refractivity (Wildman–Crippen MR) is 125 cm³/mol. The summed E-state index contributed by atoms with van der Waals surface area (Å²) in [5.41, 5.74) is 0.882. The van der Waals surface area contributed by atoms with Gasteiger partial charge < -0.3 is 16.0 Å². The molecule has 2 amide bonds. The maximum Gasteiger partial charge on any atom is 0.257 e. The van der Waals surface area contributed by atoms with E-state index in [1.54, 1.807) is 13.2 Å². The van der Waals surface area contributed by atoms with Crippen molar-refractivity contribution in [3.8, 4) is 0 Å². The van der Waals surface area contributed by atoms with Crippen LogP contribution < -0.4 is 16.0 Å². The van der Waals surface area contributed by atoms with Crippen LogP contribution in [0.2, 0.25) is 0 Å². The van der Waals surface area contributed by atoms with E-state index >= 15 is 0 Å². The molecular formula is C24H37N5O2. The largest absolute Gasteiger partial charge is 0.370 e. The number of nitrogens with zero attached hydrogens (tertiary/aromatic N) is 2. The molecule has 0 fully saturated rings. The second-order valence-electron chi connectivity index (χ2n) is 8.76. The molecule has 7 nitrogen and oxygen atoms in total. The molecular weight excluding hydrogens is 390 g/mol. The number of rotatable bonds is 9. The Labute approximate surface area is 186 Å². The zero-order chi connectivity index (χ0) is 23.2. The molecule has 1 aromatic heterocycles. The molecule has 1 atom stereocenters. The standard InChI is InChI=1S/C24H37N5O2/c1-8-15-26-20-19(16-27-29(20)23(4,5)6)21(30)28-24(10-3,22(31)25-7)18-13-11-17(9-2)12-14-18/h11-14,16,26H,8-10,15H2,1-7H3,(H,25,31)(H,28,30). The molecule has 0 aliphatic rings. The normalized spacial score (nSPS) is 13.4. The van der Waals surface area contributed by atoms with Crippen LogP contribution >= 0.6 is 0 Å². The number of carbonyl (C=O) groups is 2. The van der Waals surface area contributed by atoms with E-state index in [0.29, 0.717) is 17.8 Å². The van der Waals surface area contributed by atoms with Gasteiger partial charge in [-0.3, -0.25) is 9.59 Å². The van der Waals surface area contributed by atoms with Crippen molar-refractivity contribution in [3.63, 3.8) is 0 Å². The number of carbonyl (C=O) groups excluding carboxylic acids is 2. The quantitative estimate of drug-likeness (QED) is 0.568. The summed E-state index contributed by atoms with van der Waals surface area (Å²) in [7, 11) is 1.59. The van der Waals surface area contributed by atoms with Gasteiger partial charge >= 0.3 is 0 Å². The van der Waals surface area contributed by atoms with Gasteiger partial charge in [0, 0.05) is 13.6 Å². The third-order valence-corrected chi connectivity index (χ3v) is 5.52. The van der Waals surface area contributed by atoms with Crippen molar-refractivity contribution in [2.75, 3.05) is 18.9 Å². The van der Waals surface area contributed by atoms with Crippen LogP contribution in [0.3, 0.4) is 0 Å². The highest BCUT2D eigenvalue weighted by atomic mass is 16.2. The van der Waals surface area contributed by atoms with Crippen LogP contribution in [0.4, 0.5) is 5.82 Å². The summed E-state index contributed by atoms with van der Waals surface area (Å²) in [6.07, 6.45) is 3.81. The molecule has 0 radical (unpaired) electrons. The Morgan fingerprint density at radius 1 is 1.06 bits per heavy atom. The van der Waals surface area contributed by atoms with Crippen molar-refractivity contribution < 1.29 is 9.59 Å². The van der Waals surface area contributed by atoms with E-state index in [1.807, 2.05) is 56.6 Å². The van der Waals surface area contributed by atoms with Crippen molar-refractivity contribution >= 4 is 17.6 Å². The van der Waals surface area contributed by atoms with Gasteiger partial charge in [-0.2, -0.15) is 5.10 Å². The van der Waals surface area contributed by atoms with Crippen LogP contribution in [0.25, 0.3) is 0 Å². The number of amides is 2. The first-order valence-corrected chi connectivity index (χ1v) is 11.1. The number of anilines is 1. The highest BCUT2D eigenvalue weighted by molar-refractivity contribution is 6.02. The molecule has 3 N–H and O–H groups in total. The van der Waals surface area contributed by atoms with Gasteiger partial charge in [0.15, 0.2) is 0 Å². The number of aromatic nitrogens is 2. The molecule has 1 unspecified atom stereocenters. The van der Waals surface area contributed by atoms with Crippen molar-refractivity contribution in [2.24, 2.45) is 0 Å². The molecule has 0 saturated carbocycles. The van der Waals surface area contributed by atoms with Crippen LogP contribution in [0.1, 0.15) is 75.9 Å². The molecule has 0 aliphatic heterocycles. The Bertz CT molecular complexity index is 896. The second kappa shape index (κ2) is 9.98. The van der Waals surface area contributed by atoms with E-state index in [2.05, 4.69) is 34.9 Å². The lowest BCUT2D eigenvalue weighted by Crippen LogP contribution is -2.55. The first-order valence-electron chi connectivity index (χ1n) is 11.1. The first kappa shape index (κ1) is 24.4. The number of hydrogen-bond donors (Lipinski definition) is 3. The van der Waals surface area contributed by atoms with Crippen LogP contribution in [0, 0.1) is 0 Å². The number of likely N-dealkylation sites (N-methyl/N-ethyl adjacent to an activating group) is 1. The van der Waals surface area contributed by atoms with Gasteiger partial charge in [-0.25, -0.2) is 4.68 Å². The third kappa shape index (κ3) is 5.09. The topological polar surface area (TPSA) is 88.1 Å². The molecule has 2 aromatic rings. The van der Waals surface area contributed by atoms with E-state index in [4.69, 9.17) is 0 Å². The van der Waals surface area contributed by atoms with E-state index in [9.17, 15) is 9.59 Å². The number of hydrogen-bond acceptors (Lipinski definition) is 4. The fourth-order valence-electron chi connectivity index (χ4n) is 3.65. The maximum atomic E-state index is 13.5. The van der Waals surface area contributed by atoms with Crippen molar-refractivity contribution in [1.82, 2.24) is 20.4 Å². The van der Waals surface area contributed by atoms with Crippen LogP contribution in [0.15, 0.2) is 30.5 Å². The average molecular weight is 428 g/mol. The summed E-state index contributed by atoms with van der Waals surface area (Å²) in [6, 6.07) is 7.85. The van der Waals surface area contributed by atoms with Crippen LogP contribution in [-0.2, 0) is 22.3 Å². The van der Waals surface area contributed by atoms with Crippen molar-refractivity contribution in [3.05, 3.63) is 47.2 Å². The Balaban J connectivity index is 2.51. The van der Waals surface area contributed by atoms with Gasteiger partial charge in [0.1, 0.15) is 16.9 Å². The fourth-order valence-corrected chi connectivity index (χ4v) is 3.65. The van der Waals surface area contributed by atoms with E-state index in [0.717, 1.165) is 24.9 Å². The lowest BCUT2D eigenvalue weighted by atomic mass is 9.85. The van der Waals surface area contributed by atoms with Crippen LogP contribution in [-0.4, -0.2) is 35.2 Å². The number of aryl methyl sites for hydroxylation is 1. The lowest BCUT2D eigenvalue weighted by molar-refractivity contribution is -0.127. The zero-order valence-electron chi connectivity index (χ0n) is 19.9. The van der Waals surface area contributed by atoms with Gasteiger partial charge in [0.2, 0.25) is 5.91 Å². The van der Waals surface area contributed by atoms with Gasteiger partial charge in [0.25, 0.3) is 5.91 Å². The van der Waals surface area contributed by atoms with E-state index < -0.39 is 5.54 Å². The predicted octanol–water partition coefficient (Wildman–Crippen LogP) is 3.80. The Hall–Kier alpha value is -2.83. The van der Waals surface area contributed by atoms with Gasteiger partial charge in [-0.05, 0) is 51.2 Å². The molecule has 2 rings (SSSR count). The zero-order valence-corrected chi connectivity index (χ0v) is 19.9. The molecule has 7 heteroatoms. The first-order chi connectivity index (χ1) is 14.6. The minimum atomic E-state index is -1.18. The second-order valence-corrected chi connectivity index (χ2v) is 8.76. The molecule has 1 aromatic carbocycles. The fraction of sp³-hybridized carbons (Fsp3) is 0.542. The Morgan fingerprint density at radius 3 is 2.19 bits per heavy atom. The molecule has 0 aliphatic carbocycles. The van der Waals surface area contributed by atoms with Gasteiger partial charge in [-0.15, -0.1) is 0 Å². The summed E-state index contributed by atoms with van der Waals surface area (Å²) >= 11 is 0. The summed E-state index contributed by atoms with van der Waals surface area (Å²) in [4.78, 5) is 26.5. The minimum absolute atomic E-state index is 0.251. The van der Waals surface area contributed by atoms with E-state index in [-0.39, 0.29) is 17.4 Å². The lowest BCUT2D eigenvalue weighted by Gasteiger charge is -2.33. The average Bonchev–Trinajstić information content (AvgIpc) is 3.20. The molecule has 170 valence electrons. The summed E-state index contributed by atoms with van der Waals surface area (Å²) in [5.74, 6) is 0.0769. The molecule has 0 saturated heterocycles. The Morgan fingerprint density at radius 2 is 1.71 bits per heavy atom. The highest BCUT2D eigenvalue weighted by Crippen LogP contribution is 2.29. The maximum absolute atomic E-state index is 13.5. The third-order valence-electron chi connectivity index (χ3n) is 5.52.